The maximum absolute atomic E-state index is 13.1. The predicted molar refractivity (Wildman–Crippen MR) is 134 cm³/mol. The second-order valence-electron chi connectivity index (χ2n) is 7.88. The molecule has 2 aromatic heterocycles. The van der Waals surface area contributed by atoms with Gasteiger partial charge >= 0.3 is 5.69 Å². The van der Waals surface area contributed by atoms with Crippen LogP contribution >= 0.6 is 11.3 Å². The van der Waals surface area contributed by atoms with Gasteiger partial charge in [-0.1, -0.05) is 36.1 Å². The molecular formula is C24H19N3O6S2. The van der Waals surface area contributed by atoms with Gasteiger partial charge < -0.3 is 0 Å². The van der Waals surface area contributed by atoms with Crippen LogP contribution in [0.1, 0.15) is 16.0 Å². The third kappa shape index (κ3) is 5.08. The van der Waals surface area contributed by atoms with E-state index >= 15 is 0 Å². The normalized spacial score (nSPS) is 11.3. The number of hydrogen-bond donors (Lipinski definition) is 0. The van der Waals surface area contributed by atoms with Crippen LogP contribution in [0.3, 0.4) is 0 Å². The Kier molecular flexibility index (Phi) is 6.43. The quantitative estimate of drug-likeness (QED) is 0.232. The Balaban J connectivity index is 1.62. The fourth-order valence-electron chi connectivity index (χ4n) is 3.48. The van der Waals surface area contributed by atoms with Gasteiger partial charge in [0.25, 0.3) is 11.2 Å². The number of nitro groups is 1. The van der Waals surface area contributed by atoms with E-state index < -0.39 is 26.0 Å². The Labute approximate surface area is 204 Å². The molecule has 0 aliphatic carbocycles. The highest BCUT2D eigenvalue weighted by Gasteiger charge is 2.15. The number of aryl methyl sites for hydroxylation is 1. The molecule has 0 radical (unpaired) electrons. The smallest absolute Gasteiger partial charge is 0.287 e. The summed E-state index contributed by atoms with van der Waals surface area (Å²) in [5, 5.41) is 11.1. The lowest BCUT2D eigenvalue weighted by Gasteiger charge is -2.09. The number of nitro benzene ring substituents is 1. The van der Waals surface area contributed by atoms with Crippen molar-refractivity contribution in [2.75, 3.05) is 6.26 Å². The Hall–Kier alpha value is -4.01. The van der Waals surface area contributed by atoms with Crippen LogP contribution in [0.25, 0.3) is 10.2 Å². The molecule has 0 fully saturated rings. The van der Waals surface area contributed by atoms with Crippen LogP contribution in [0.15, 0.2) is 69.1 Å². The monoisotopic (exact) mass is 509 g/mol. The van der Waals surface area contributed by atoms with Crippen LogP contribution in [0.5, 0.6) is 0 Å². The lowest BCUT2D eigenvalue weighted by atomic mass is 10.1. The number of benzene rings is 2. The second-order valence-corrected chi connectivity index (χ2v) is 10.9. The largest absolute Gasteiger partial charge is 0.332 e. The molecule has 9 nitrogen and oxygen atoms in total. The molecule has 0 saturated heterocycles. The van der Waals surface area contributed by atoms with E-state index in [0.29, 0.717) is 27.1 Å². The van der Waals surface area contributed by atoms with Gasteiger partial charge in [0.15, 0.2) is 9.84 Å². The van der Waals surface area contributed by atoms with Crippen molar-refractivity contribution in [3.63, 3.8) is 0 Å². The summed E-state index contributed by atoms with van der Waals surface area (Å²) >= 11 is 1.23. The maximum Gasteiger partial charge on any atom is 0.332 e. The van der Waals surface area contributed by atoms with E-state index in [-0.39, 0.29) is 17.1 Å². The predicted octanol–water partition coefficient (Wildman–Crippen LogP) is 2.72. The highest BCUT2D eigenvalue weighted by molar-refractivity contribution is 7.90. The number of fused-ring (bicyclic) bond motifs is 1. The van der Waals surface area contributed by atoms with E-state index in [0.717, 1.165) is 16.4 Å². The standard InChI is InChI=1S/C24H19N3O6S2/c1-25-23-21(14-19(34-23)5-3-4-16-6-10-18(11-7-16)27(30)31)22(28)26(24(25)29)15-17-8-12-20(13-9-17)35(2,32)33/h6-14H,4,15H2,1-2H3. The number of nitrogens with zero attached hydrogens (tertiary/aromatic N) is 3. The van der Waals surface area contributed by atoms with Crippen molar-refractivity contribution in [1.29, 1.82) is 0 Å². The van der Waals surface area contributed by atoms with Crippen LogP contribution in [-0.4, -0.2) is 28.7 Å². The SMILES string of the molecule is Cn1c(=O)n(Cc2ccc(S(C)(=O)=O)cc2)c(=O)c2cc(C#CCc3ccc([N+](=O)[O-])cc3)sc21. The van der Waals surface area contributed by atoms with Crippen molar-refractivity contribution in [1.82, 2.24) is 9.13 Å². The molecule has 35 heavy (non-hydrogen) atoms. The minimum Gasteiger partial charge on any atom is -0.287 e. The van der Waals surface area contributed by atoms with Crippen LogP contribution < -0.4 is 11.2 Å². The zero-order valence-electron chi connectivity index (χ0n) is 18.7. The third-order valence-corrected chi connectivity index (χ3v) is 7.61. The zero-order valence-corrected chi connectivity index (χ0v) is 20.4. The first kappa shape index (κ1) is 24.1. The first-order valence-corrected chi connectivity index (χ1v) is 13.0. The van der Waals surface area contributed by atoms with Crippen molar-refractivity contribution in [3.05, 3.63) is 102 Å². The minimum absolute atomic E-state index is 0.00247. The Morgan fingerprint density at radius 1 is 1.03 bits per heavy atom. The number of sulfone groups is 1. The molecule has 0 unspecified atom stereocenters. The average molecular weight is 510 g/mol. The van der Waals surface area contributed by atoms with Crippen molar-refractivity contribution in [3.8, 4) is 11.8 Å². The molecule has 0 aliphatic heterocycles. The van der Waals surface area contributed by atoms with Crippen LogP contribution in [0, 0.1) is 22.0 Å². The van der Waals surface area contributed by atoms with Crippen LogP contribution in [0.4, 0.5) is 5.69 Å². The topological polar surface area (TPSA) is 121 Å². The van der Waals surface area contributed by atoms with Crippen molar-refractivity contribution >= 4 is 37.1 Å². The molecule has 4 aromatic rings. The van der Waals surface area contributed by atoms with E-state index in [9.17, 15) is 28.1 Å². The van der Waals surface area contributed by atoms with Gasteiger partial charge in [-0.15, -0.1) is 11.3 Å². The van der Waals surface area contributed by atoms with Gasteiger partial charge in [0.2, 0.25) is 0 Å². The summed E-state index contributed by atoms with van der Waals surface area (Å²) in [6.07, 6.45) is 1.48. The van der Waals surface area contributed by atoms with Crippen molar-refractivity contribution < 1.29 is 13.3 Å². The van der Waals surface area contributed by atoms with E-state index in [2.05, 4.69) is 11.8 Å². The molecule has 4 rings (SSSR count). The van der Waals surface area contributed by atoms with Gasteiger partial charge in [-0.2, -0.15) is 0 Å². The summed E-state index contributed by atoms with van der Waals surface area (Å²) in [6.45, 7) is 0.00247. The number of hydrogen-bond acceptors (Lipinski definition) is 7. The first-order chi connectivity index (χ1) is 16.5. The van der Waals surface area contributed by atoms with Gasteiger partial charge in [-0.05, 0) is 29.3 Å². The van der Waals surface area contributed by atoms with E-state index in [1.165, 1.54) is 40.2 Å². The van der Waals surface area contributed by atoms with Gasteiger partial charge in [0.1, 0.15) is 4.83 Å². The van der Waals surface area contributed by atoms with Gasteiger partial charge in [-0.3, -0.25) is 24.0 Å². The number of thiophene rings is 1. The Morgan fingerprint density at radius 2 is 1.66 bits per heavy atom. The number of non-ortho nitro benzene ring substituents is 1. The zero-order chi connectivity index (χ0) is 25.3. The highest BCUT2D eigenvalue weighted by atomic mass is 32.2. The van der Waals surface area contributed by atoms with Gasteiger partial charge in [0.05, 0.1) is 26.6 Å². The first-order valence-electron chi connectivity index (χ1n) is 10.3. The molecule has 2 aromatic carbocycles. The number of aromatic nitrogens is 2. The maximum atomic E-state index is 13.1. The van der Waals surface area contributed by atoms with E-state index in [4.69, 9.17) is 0 Å². The van der Waals surface area contributed by atoms with E-state index in [1.54, 1.807) is 37.4 Å². The van der Waals surface area contributed by atoms with Crippen LogP contribution in [-0.2, 0) is 29.9 Å². The Morgan fingerprint density at radius 3 is 2.26 bits per heavy atom. The molecule has 0 spiro atoms. The molecular weight excluding hydrogens is 490 g/mol. The van der Waals surface area contributed by atoms with Gasteiger partial charge in [0, 0.05) is 31.9 Å². The summed E-state index contributed by atoms with van der Waals surface area (Å²) in [4.78, 5) is 37.5. The molecule has 0 bridgehead atoms. The molecule has 0 N–H and O–H groups in total. The molecule has 178 valence electrons. The molecule has 0 atom stereocenters. The van der Waals surface area contributed by atoms with Crippen molar-refractivity contribution in [2.24, 2.45) is 7.05 Å². The minimum atomic E-state index is -3.35. The van der Waals surface area contributed by atoms with Gasteiger partial charge in [-0.25, -0.2) is 13.2 Å². The lowest BCUT2D eigenvalue weighted by Crippen LogP contribution is -2.38. The Bertz CT molecular complexity index is 1730. The van der Waals surface area contributed by atoms with Crippen LogP contribution in [0.2, 0.25) is 0 Å². The third-order valence-electron chi connectivity index (χ3n) is 5.35. The lowest BCUT2D eigenvalue weighted by molar-refractivity contribution is -0.384. The summed E-state index contributed by atoms with van der Waals surface area (Å²) in [5.41, 5.74) is 0.516. The summed E-state index contributed by atoms with van der Waals surface area (Å²) in [6, 6.07) is 13.8. The molecule has 0 aliphatic rings. The fourth-order valence-corrected chi connectivity index (χ4v) is 5.09. The highest BCUT2D eigenvalue weighted by Crippen LogP contribution is 2.21. The van der Waals surface area contributed by atoms with Crippen molar-refractivity contribution in [2.45, 2.75) is 17.9 Å². The number of rotatable bonds is 5. The molecule has 2 heterocycles. The summed E-state index contributed by atoms with van der Waals surface area (Å²) in [7, 11) is -1.76. The molecule has 0 saturated carbocycles. The average Bonchev–Trinajstić information content (AvgIpc) is 3.25. The fraction of sp³-hybridized carbons (Fsp3) is 0.167. The summed E-state index contributed by atoms with van der Waals surface area (Å²) < 4.78 is 25.8. The van der Waals surface area contributed by atoms with E-state index in [1.807, 2.05) is 0 Å². The molecule has 11 heteroatoms. The molecule has 0 amide bonds. The summed E-state index contributed by atoms with van der Waals surface area (Å²) in [5.74, 6) is 6.00. The second kappa shape index (κ2) is 9.32.